The quantitative estimate of drug-likeness (QED) is 0.808. The van der Waals surface area contributed by atoms with Crippen LogP contribution in [0.25, 0.3) is 0 Å². The molecule has 0 saturated heterocycles. The second-order valence-corrected chi connectivity index (χ2v) is 4.85. The van der Waals surface area contributed by atoms with Crippen LogP contribution in [0, 0.1) is 6.92 Å². The van der Waals surface area contributed by atoms with E-state index in [4.69, 9.17) is 9.15 Å². The Morgan fingerprint density at radius 3 is 2.78 bits per heavy atom. The molecule has 0 aliphatic carbocycles. The molecule has 0 saturated carbocycles. The second kappa shape index (κ2) is 5.50. The van der Waals surface area contributed by atoms with Crippen molar-refractivity contribution < 1.29 is 13.9 Å². The molecular weight excluding hydrogens is 296 g/mol. The van der Waals surface area contributed by atoms with Crippen LogP contribution in [-0.4, -0.2) is 12.9 Å². The molecule has 94 valence electrons. The lowest BCUT2D eigenvalue weighted by Crippen LogP contribution is -1.99. The average molecular weight is 309 g/mol. The van der Waals surface area contributed by atoms with Crippen LogP contribution in [0.3, 0.4) is 0 Å². The topological polar surface area (TPSA) is 39.4 Å². The van der Waals surface area contributed by atoms with Crippen molar-refractivity contribution in [1.29, 1.82) is 0 Å². The molecule has 0 bridgehead atoms. The summed E-state index contributed by atoms with van der Waals surface area (Å²) in [6.45, 7) is 2.34. The summed E-state index contributed by atoms with van der Waals surface area (Å²) in [6, 6.07) is 8.91. The first kappa shape index (κ1) is 13.1. The molecule has 0 aliphatic rings. The van der Waals surface area contributed by atoms with Gasteiger partial charge in [0.2, 0.25) is 5.78 Å². The number of carbonyl (C=O) groups excluding carboxylic acids is 1. The Hall–Kier alpha value is -1.39. The number of methoxy groups -OCH3 is 1. The van der Waals surface area contributed by atoms with Gasteiger partial charge in [-0.3, -0.25) is 4.79 Å². The van der Waals surface area contributed by atoms with E-state index >= 15 is 0 Å². The minimum atomic E-state index is -0.127. The van der Waals surface area contributed by atoms with Crippen molar-refractivity contribution in [1.82, 2.24) is 0 Å². The maximum Gasteiger partial charge on any atom is 0.228 e. The summed E-state index contributed by atoms with van der Waals surface area (Å²) >= 11 is 3.41. The van der Waals surface area contributed by atoms with Gasteiger partial charge in [0, 0.05) is 17.1 Å². The van der Waals surface area contributed by atoms with Crippen LogP contribution in [0.5, 0.6) is 0 Å². The number of halogens is 1. The van der Waals surface area contributed by atoms with E-state index < -0.39 is 0 Å². The van der Waals surface area contributed by atoms with Crippen LogP contribution in [-0.2, 0) is 11.3 Å². The van der Waals surface area contributed by atoms with Crippen LogP contribution >= 0.6 is 15.9 Å². The predicted molar refractivity (Wildman–Crippen MR) is 71.7 cm³/mol. The van der Waals surface area contributed by atoms with Gasteiger partial charge in [-0.2, -0.15) is 0 Å². The van der Waals surface area contributed by atoms with Crippen LogP contribution < -0.4 is 0 Å². The molecule has 0 aliphatic heterocycles. The lowest BCUT2D eigenvalue weighted by molar-refractivity contribution is 0.1000. The standard InChI is InChI=1S/C14H13BrO3/c1-9-3-4-10(7-12(9)15)14(16)13-6-5-11(18-13)8-17-2/h3-7H,8H2,1-2H3. The van der Waals surface area contributed by atoms with Gasteiger partial charge in [0.1, 0.15) is 12.4 Å². The first-order chi connectivity index (χ1) is 8.61. The van der Waals surface area contributed by atoms with Gasteiger partial charge in [-0.1, -0.05) is 28.1 Å². The summed E-state index contributed by atoms with van der Waals surface area (Å²) in [6.07, 6.45) is 0. The fourth-order valence-corrected chi connectivity index (χ4v) is 1.97. The molecule has 0 amide bonds. The normalized spacial score (nSPS) is 10.6. The summed E-state index contributed by atoms with van der Waals surface area (Å²) in [5, 5.41) is 0. The van der Waals surface area contributed by atoms with E-state index in [-0.39, 0.29) is 5.78 Å². The van der Waals surface area contributed by atoms with Crippen molar-refractivity contribution >= 4 is 21.7 Å². The Bertz CT molecular complexity index is 572. The number of rotatable bonds is 4. The minimum Gasteiger partial charge on any atom is -0.455 e. The van der Waals surface area contributed by atoms with Crippen LogP contribution in [0.15, 0.2) is 39.2 Å². The largest absolute Gasteiger partial charge is 0.455 e. The van der Waals surface area contributed by atoms with E-state index in [1.54, 1.807) is 31.4 Å². The number of furan rings is 1. The lowest BCUT2D eigenvalue weighted by atomic mass is 10.1. The average Bonchev–Trinajstić information content (AvgIpc) is 2.81. The summed E-state index contributed by atoms with van der Waals surface area (Å²) in [5.74, 6) is 0.850. The fourth-order valence-electron chi connectivity index (χ4n) is 1.60. The maximum absolute atomic E-state index is 12.2. The Morgan fingerprint density at radius 1 is 1.33 bits per heavy atom. The third-order valence-electron chi connectivity index (χ3n) is 2.61. The van der Waals surface area contributed by atoms with Crippen molar-refractivity contribution in [3.05, 3.63) is 57.5 Å². The van der Waals surface area contributed by atoms with E-state index in [2.05, 4.69) is 15.9 Å². The number of hydrogen-bond donors (Lipinski definition) is 0. The summed E-state index contributed by atoms with van der Waals surface area (Å²) in [5.41, 5.74) is 1.69. The Balaban J connectivity index is 2.26. The molecule has 18 heavy (non-hydrogen) atoms. The van der Waals surface area contributed by atoms with E-state index in [1.165, 1.54) is 0 Å². The lowest BCUT2D eigenvalue weighted by Gasteiger charge is -2.01. The Labute approximate surface area is 114 Å². The van der Waals surface area contributed by atoms with Gasteiger partial charge < -0.3 is 9.15 Å². The maximum atomic E-state index is 12.2. The highest BCUT2D eigenvalue weighted by Gasteiger charge is 2.14. The van der Waals surface area contributed by atoms with Crippen molar-refractivity contribution in [3.8, 4) is 0 Å². The SMILES string of the molecule is COCc1ccc(C(=O)c2ccc(C)c(Br)c2)o1. The highest BCUT2D eigenvalue weighted by atomic mass is 79.9. The zero-order chi connectivity index (χ0) is 13.1. The van der Waals surface area contributed by atoms with Crippen LogP contribution in [0.1, 0.15) is 27.4 Å². The molecule has 0 atom stereocenters. The van der Waals surface area contributed by atoms with E-state index in [0.29, 0.717) is 23.7 Å². The van der Waals surface area contributed by atoms with E-state index in [0.717, 1.165) is 10.0 Å². The highest BCUT2D eigenvalue weighted by molar-refractivity contribution is 9.10. The molecule has 1 aromatic heterocycles. The van der Waals surface area contributed by atoms with Crippen molar-refractivity contribution in [2.75, 3.05) is 7.11 Å². The van der Waals surface area contributed by atoms with Gasteiger partial charge in [-0.05, 0) is 30.7 Å². The van der Waals surface area contributed by atoms with E-state index in [9.17, 15) is 4.79 Å². The van der Waals surface area contributed by atoms with Gasteiger partial charge in [-0.25, -0.2) is 0 Å². The number of ether oxygens (including phenoxy) is 1. The molecule has 2 aromatic rings. The number of hydrogen-bond acceptors (Lipinski definition) is 3. The second-order valence-electron chi connectivity index (χ2n) is 3.99. The molecule has 0 N–H and O–H groups in total. The van der Waals surface area contributed by atoms with Crippen molar-refractivity contribution in [2.45, 2.75) is 13.5 Å². The van der Waals surface area contributed by atoms with E-state index in [1.807, 2.05) is 13.0 Å². The number of aryl methyl sites for hydroxylation is 1. The first-order valence-electron chi connectivity index (χ1n) is 5.50. The molecular formula is C14H13BrO3. The number of carbonyl (C=O) groups is 1. The van der Waals surface area contributed by atoms with Gasteiger partial charge in [0.05, 0.1) is 0 Å². The van der Waals surface area contributed by atoms with Gasteiger partial charge in [-0.15, -0.1) is 0 Å². The third kappa shape index (κ3) is 2.71. The summed E-state index contributed by atoms with van der Waals surface area (Å²) < 4.78 is 11.3. The summed E-state index contributed by atoms with van der Waals surface area (Å²) in [4.78, 5) is 12.2. The molecule has 0 spiro atoms. The number of benzene rings is 1. The van der Waals surface area contributed by atoms with Crippen molar-refractivity contribution in [3.63, 3.8) is 0 Å². The van der Waals surface area contributed by atoms with Crippen LogP contribution in [0.4, 0.5) is 0 Å². The highest BCUT2D eigenvalue weighted by Crippen LogP contribution is 2.20. The summed E-state index contributed by atoms with van der Waals surface area (Å²) in [7, 11) is 1.58. The monoisotopic (exact) mass is 308 g/mol. The molecule has 4 heteroatoms. The fraction of sp³-hybridized carbons (Fsp3) is 0.214. The van der Waals surface area contributed by atoms with Gasteiger partial charge in [0.25, 0.3) is 0 Å². The zero-order valence-corrected chi connectivity index (χ0v) is 11.8. The molecule has 2 rings (SSSR count). The molecule has 1 heterocycles. The Kier molecular flexibility index (Phi) is 3.99. The minimum absolute atomic E-state index is 0.127. The Morgan fingerprint density at radius 2 is 2.11 bits per heavy atom. The molecule has 1 aromatic carbocycles. The first-order valence-corrected chi connectivity index (χ1v) is 6.29. The van der Waals surface area contributed by atoms with Gasteiger partial charge in [0.15, 0.2) is 5.76 Å². The molecule has 0 radical (unpaired) electrons. The van der Waals surface area contributed by atoms with Crippen LogP contribution in [0.2, 0.25) is 0 Å². The number of ketones is 1. The zero-order valence-electron chi connectivity index (χ0n) is 10.2. The third-order valence-corrected chi connectivity index (χ3v) is 3.46. The molecule has 0 fully saturated rings. The van der Waals surface area contributed by atoms with Gasteiger partial charge >= 0.3 is 0 Å². The van der Waals surface area contributed by atoms with Crippen molar-refractivity contribution in [2.24, 2.45) is 0 Å². The molecule has 3 nitrogen and oxygen atoms in total. The molecule has 0 unspecified atom stereocenters. The predicted octanol–water partition coefficient (Wildman–Crippen LogP) is 3.73. The smallest absolute Gasteiger partial charge is 0.228 e.